The van der Waals surface area contributed by atoms with Crippen LogP contribution in [0.4, 0.5) is 17.6 Å². The van der Waals surface area contributed by atoms with Gasteiger partial charge in [0.05, 0.1) is 18.4 Å². The quantitative estimate of drug-likeness (QED) is 0.131. The minimum atomic E-state index is -0.0324. The molecule has 14 nitrogen and oxygen atoms in total. The zero-order valence-corrected chi connectivity index (χ0v) is 35.6. The van der Waals surface area contributed by atoms with Crippen molar-refractivity contribution in [1.29, 1.82) is 0 Å². The van der Waals surface area contributed by atoms with Crippen LogP contribution in [0.2, 0.25) is 25.4 Å². The van der Waals surface area contributed by atoms with Crippen LogP contribution in [0.3, 0.4) is 0 Å². The molecule has 3 N–H and O–H groups in total. The molecule has 4 aromatic heterocycles. The number of carbonyl (C=O) groups excluding carboxylic acids is 1. The van der Waals surface area contributed by atoms with Crippen molar-refractivity contribution in [2.75, 3.05) is 48.3 Å². The van der Waals surface area contributed by atoms with Crippen molar-refractivity contribution in [1.82, 2.24) is 49.7 Å². The number of aryl methyl sites for hydroxylation is 2. The Morgan fingerprint density at radius 1 is 0.750 bits per heavy atom. The van der Waals surface area contributed by atoms with E-state index in [2.05, 4.69) is 41.0 Å². The van der Waals surface area contributed by atoms with Crippen molar-refractivity contribution in [3.8, 4) is 0 Å². The van der Waals surface area contributed by atoms with Crippen molar-refractivity contribution in [2.45, 2.75) is 32.0 Å². The summed E-state index contributed by atoms with van der Waals surface area (Å²) in [5.74, 6) is 2.13. The number of nitrogens with one attached hydrogen (secondary N) is 3. The Bertz CT molecular complexity index is 2310. The number of hydrogen-bond acceptors (Lipinski definition) is 11. The zero-order valence-electron chi connectivity index (χ0n) is 30.1. The van der Waals surface area contributed by atoms with Crippen LogP contribution in [0, 0.1) is 0 Å². The van der Waals surface area contributed by atoms with Crippen molar-refractivity contribution in [2.24, 2.45) is 14.1 Å². The van der Waals surface area contributed by atoms with E-state index < -0.39 is 0 Å². The fourth-order valence-electron chi connectivity index (χ4n) is 6.44. The van der Waals surface area contributed by atoms with Crippen molar-refractivity contribution >= 4 is 128 Å². The van der Waals surface area contributed by atoms with Crippen LogP contribution in [-0.4, -0.2) is 89.1 Å². The Balaban J connectivity index is 0.000000227. The lowest BCUT2D eigenvalue weighted by atomic mass is 10.2. The summed E-state index contributed by atoms with van der Waals surface area (Å²) in [5, 5.41) is 21.0. The molecule has 0 unspecified atom stereocenters. The fourth-order valence-corrected chi connectivity index (χ4v) is 7.56. The Kier molecular flexibility index (Phi) is 14.9. The topological polar surface area (TPSA) is 147 Å². The van der Waals surface area contributed by atoms with Gasteiger partial charge in [-0.3, -0.25) is 14.2 Å². The maximum atomic E-state index is 12.7. The van der Waals surface area contributed by atoms with Gasteiger partial charge in [-0.2, -0.15) is 20.2 Å². The number of aromatic nitrogens is 8. The molecule has 2 aliphatic heterocycles. The Hall–Kier alpha value is -3.60. The van der Waals surface area contributed by atoms with Gasteiger partial charge in [-0.05, 0) is 66.4 Å². The number of fused-ring (bicyclic) bond motifs is 2. The van der Waals surface area contributed by atoms with E-state index in [1.807, 2.05) is 37.2 Å². The highest BCUT2D eigenvalue weighted by molar-refractivity contribution is 6.35. The van der Waals surface area contributed by atoms with E-state index in [0.29, 0.717) is 82.5 Å². The third-order valence-corrected chi connectivity index (χ3v) is 10.6. The molecule has 298 valence electrons. The van der Waals surface area contributed by atoms with Gasteiger partial charge >= 0.3 is 0 Å². The lowest BCUT2D eigenvalue weighted by Crippen LogP contribution is -2.53. The summed E-state index contributed by atoms with van der Waals surface area (Å²) in [6.07, 6.45) is 5.37. The van der Waals surface area contributed by atoms with Crippen molar-refractivity contribution < 1.29 is 4.79 Å². The van der Waals surface area contributed by atoms with Gasteiger partial charge in [0.25, 0.3) is 0 Å². The minimum absolute atomic E-state index is 0. The van der Waals surface area contributed by atoms with Crippen LogP contribution in [0.1, 0.15) is 24.0 Å². The Morgan fingerprint density at radius 2 is 1.29 bits per heavy atom. The molecule has 2 aliphatic rings. The molecule has 8 rings (SSSR count). The summed E-state index contributed by atoms with van der Waals surface area (Å²) in [5.41, 5.74) is 4.88. The van der Waals surface area contributed by atoms with E-state index in [1.54, 1.807) is 40.0 Å². The highest BCUT2D eigenvalue weighted by Crippen LogP contribution is 2.28. The van der Waals surface area contributed by atoms with Crippen LogP contribution in [0.5, 0.6) is 0 Å². The highest BCUT2D eigenvalue weighted by Gasteiger charge is 2.30. The third kappa shape index (κ3) is 9.91. The van der Waals surface area contributed by atoms with Crippen molar-refractivity contribution in [3.05, 3.63) is 85.3 Å². The van der Waals surface area contributed by atoms with Gasteiger partial charge in [0.15, 0.2) is 11.6 Å². The first-order valence-electron chi connectivity index (χ1n) is 17.2. The van der Waals surface area contributed by atoms with Gasteiger partial charge in [-0.25, -0.2) is 9.97 Å². The standard InChI is InChI=1S/C22H26Cl2N8O.C13H10Cl3N5.2ClH/c1-30-19-18(13-27-30)28-22(29-20(19)26-12-14-4-5-15(23)11-16(14)24)32-9-7-31(8-10-32)21(33)17-3-2-6-25-17;1-21-11-10(6-18-21)19-13(16)20-12(11)17-5-7-2-3-8(14)4-9(7)15;;/h4-5,11,13,17,25H,2-3,6-10,12H2,1H3,(H,26,28,29);2-4,6H,5H2,1H3,(H,17,19,20);2*1H/t17-;;;/m1.../s1. The second-order valence-corrected chi connectivity index (χ2v) is 14.9. The second kappa shape index (κ2) is 19.2. The van der Waals surface area contributed by atoms with Crippen LogP contribution in [-0.2, 0) is 32.0 Å². The number of hydrogen-bond donors (Lipinski definition) is 3. The largest absolute Gasteiger partial charge is 0.364 e. The third-order valence-electron chi connectivity index (χ3n) is 9.29. The van der Waals surface area contributed by atoms with Gasteiger partial charge < -0.3 is 25.8 Å². The summed E-state index contributed by atoms with van der Waals surface area (Å²) < 4.78 is 3.45. The van der Waals surface area contributed by atoms with E-state index in [1.165, 1.54) is 0 Å². The summed E-state index contributed by atoms with van der Waals surface area (Å²) in [7, 11) is 3.69. The highest BCUT2D eigenvalue weighted by atomic mass is 35.5. The van der Waals surface area contributed by atoms with Gasteiger partial charge in [0.1, 0.15) is 22.1 Å². The van der Waals surface area contributed by atoms with Crippen molar-refractivity contribution in [3.63, 3.8) is 0 Å². The number of amides is 1. The molecule has 0 bridgehead atoms. The molecule has 6 heterocycles. The lowest BCUT2D eigenvalue weighted by Gasteiger charge is -2.36. The van der Waals surface area contributed by atoms with Gasteiger partial charge in [-0.15, -0.1) is 24.8 Å². The molecule has 0 spiro atoms. The summed E-state index contributed by atoms with van der Waals surface area (Å²) >= 11 is 30.3. The number of benzene rings is 2. The normalized spacial score (nSPS) is 15.2. The number of nitrogens with zero attached hydrogens (tertiary/aromatic N) is 10. The van der Waals surface area contributed by atoms with Crippen LogP contribution in [0.25, 0.3) is 22.1 Å². The minimum Gasteiger partial charge on any atom is -0.364 e. The molecule has 2 fully saturated rings. The molecule has 1 amide bonds. The zero-order chi connectivity index (χ0) is 37.9. The molecule has 2 saturated heterocycles. The molecule has 56 heavy (non-hydrogen) atoms. The first kappa shape index (κ1) is 43.5. The Labute approximate surface area is 360 Å². The molecular weight excluding hydrogens is 867 g/mol. The molecule has 21 heteroatoms. The number of rotatable bonds is 8. The van der Waals surface area contributed by atoms with Crippen LogP contribution in [0.15, 0.2) is 48.8 Å². The summed E-state index contributed by atoms with van der Waals surface area (Å²) in [6, 6.07) is 10.8. The number of anilines is 3. The molecule has 1 atom stereocenters. The predicted molar refractivity (Wildman–Crippen MR) is 230 cm³/mol. The fraction of sp³-hybridized carbons (Fsp3) is 0.343. The smallest absolute Gasteiger partial charge is 0.239 e. The van der Waals surface area contributed by atoms with Gasteiger partial charge in [0, 0.05) is 73.5 Å². The maximum absolute atomic E-state index is 12.7. The summed E-state index contributed by atoms with van der Waals surface area (Å²) in [6.45, 7) is 4.60. The van der Waals surface area contributed by atoms with Crippen LogP contribution >= 0.6 is 82.8 Å². The maximum Gasteiger partial charge on any atom is 0.239 e. The first-order chi connectivity index (χ1) is 26.0. The average molecular weight is 905 g/mol. The van der Waals surface area contributed by atoms with E-state index in [0.717, 1.165) is 47.1 Å². The molecule has 0 radical (unpaired) electrons. The van der Waals surface area contributed by atoms with E-state index in [-0.39, 0.29) is 42.0 Å². The van der Waals surface area contributed by atoms with Gasteiger partial charge in [-0.1, -0.05) is 58.5 Å². The van der Waals surface area contributed by atoms with Crippen LogP contribution < -0.4 is 20.9 Å². The van der Waals surface area contributed by atoms with Gasteiger partial charge in [0.2, 0.25) is 17.1 Å². The summed E-state index contributed by atoms with van der Waals surface area (Å²) in [4.78, 5) is 34.7. The first-order valence-corrected chi connectivity index (χ1v) is 19.1. The molecular formula is C35H38Cl7N13O. The molecule has 0 aliphatic carbocycles. The SMILES string of the molecule is Cl.Cl.Cn1ncc2nc(Cl)nc(NCc3ccc(Cl)cc3Cl)c21.Cn1ncc2nc(N3CCN(C(=O)[C@H]4CCCN4)CC3)nc(NCc3ccc(Cl)cc3Cl)c21. The molecule has 0 saturated carbocycles. The second-order valence-electron chi connectivity index (χ2n) is 12.9. The monoisotopic (exact) mass is 901 g/mol. The van der Waals surface area contributed by atoms with E-state index >= 15 is 0 Å². The molecule has 2 aromatic carbocycles. The van der Waals surface area contributed by atoms with E-state index in [9.17, 15) is 4.79 Å². The lowest BCUT2D eigenvalue weighted by molar-refractivity contribution is -0.133. The molecule has 6 aromatic rings. The number of piperazine rings is 1. The number of carbonyl (C=O) groups is 1. The number of halogens is 7. The van der Waals surface area contributed by atoms with E-state index in [4.69, 9.17) is 68.0 Å². The predicted octanol–water partition coefficient (Wildman–Crippen LogP) is 7.46. The average Bonchev–Trinajstić information content (AvgIpc) is 3.92. The Morgan fingerprint density at radius 3 is 1.80 bits per heavy atom.